The predicted octanol–water partition coefficient (Wildman–Crippen LogP) is 0.606. The van der Waals surface area contributed by atoms with Gasteiger partial charge in [0.05, 0.1) is 5.92 Å². The van der Waals surface area contributed by atoms with Crippen molar-refractivity contribution in [1.29, 1.82) is 0 Å². The molecule has 1 aliphatic rings. The van der Waals surface area contributed by atoms with E-state index in [9.17, 15) is 9.59 Å². The fourth-order valence-electron chi connectivity index (χ4n) is 2.13. The van der Waals surface area contributed by atoms with Crippen LogP contribution in [0, 0.1) is 5.92 Å². The molecule has 2 N–H and O–H groups in total. The number of urea groups is 1. The van der Waals surface area contributed by atoms with Crippen LogP contribution in [0.25, 0.3) is 0 Å². The maximum Gasteiger partial charge on any atom is 0.320 e. The van der Waals surface area contributed by atoms with Gasteiger partial charge in [0.25, 0.3) is 0 Å². The van der Waals surface area contributed by atoms with Gasteiger partial charge in [-0.25, -0.2) is 4.79 Å². The van der Waals surface area contributed by atoms with E-state index in [0.29, 0.717) is 25.9 Å². The van der Waals surface area contributed by atoms with Crippen molar-refractivity contribution in [3.05, 3.63) is 0 Å². The minimum absolute atomic E-state index is 0.0490. The Labute approximate surface area is 107 Å². The summed E-state index contributed by atoms with van der Waals surface area (Å²) in [5.41, 5.74) is 0. The van der Waals surface area contributed by atoms with E-state index < -0.39 is 11.9 Å². The average Bonchev–Trinajstić information content (AvgIpc) is 2.78. The molecule has 1 atom stereocenters. The number of hydrogen-bond acceptors (Lipinski definition) is 3. The van der Waals surface area contributed by atoms with E-state index in [4.69, 9.17) is 10.2 Å². The third-order valence-corrected chi connectivity index (χ3v) is 3.23. The Balaban J connectivity index is 2.58. The minimum Gasteiger partial charge on any atom is -0.481 e. The number of likely N-dealkylation sites (tertiary alicyclic amines) is 1. The lowest BCUT2D eigenvalue weighted by Crippen LogP contribution is -2.46. The molecular formula is C12H22N2O4. The molecule has 0 aromatic carbocycles. The van der Waals surface area contributed by atoms with Crippen LogP contribution in [0.4, 0.5) is 4.79 Å². The van der Waals surface area contributed by atoms with Crippen LogP contribution in [0.3, 0.4) is 0 Å². The van der Waals surface area contributed by atoms with Crippen molar-refractivity contribution >= 4 is 12.0 Å². The zero-order chi connectivity index (χ0) is 13.7. The first-order valence-corrected chi connectivity index (χ1v) is 6.36. The molecule has 0 radical (unpaired) electrons. The van der Waals surface area contributed by atoms with E-state index in [0.717, 1.165) is 0 Å². The zero-order valence-corrected chi connectivity index (χ0v) is 11.0. The number of rotatable bonds is 5. The van der Waals surface area contributed by atoms with Crippen LogP contribution in [-0.2, 0) is 4.79 Å². The number of amides is 2. The van der Waals surface area contributed by atoms with Gasteiger partial charge < -0.3 is 20.0 Å². The largest absolute Gasteiger partial charge is 0.481 e. The smallest absolute Gasteiger partial charge is 0.320 e. The first-order valence-electron chi connectivity index (χ1n) is 6.36. The summed E-state index contributed by atoms with van der Waals surface area (Å²) in [6.07, 6.45) is 1.06. The topological polar surface area (TPSA) is 81.1 Å². The molecule has 1 saturated heterocycles. The molecule has 0 aliphatic carbocycles. The molecule has 6 nitrogen and oxygen atoms in total. The second-order valence-corrected chi connectivity index (χ2v) is 4.92. The molecule has 0 saturated carbocycles. The normalized spacial score (nSPS) is 19.3. The van der Waals surface area contributed by atoms with E-state index in [-0.39, 0.29) is 25.2 Å². The SMILES string of the molecule is CC(C)N(CCCO)C(=O)N1CCC(C(=O)O)C1. The predicted molar refractivity (Wildman–Crippen MR) is 66.3 cm³/mol. The van der Waals surface area contributed by atoms with E-state index in [1.807, 2.05) is 13.8 Å². The number of aliphatic hydroxyl groups is 1. The number of carbonyl (C=O) groups excluding carboxylic acids is 1. The Hall–Kier alpha value is -1.30. The van der Waals surface area contributed by atoms with E-state index in [1.54, 1.807) is 9.80 Å². The van der Waals surface area contributed by atoms with Crippen molar-refractivity contribution in [2.75, 3.05) is 26.2 Å². The van der Waals surface area contributed by atoms with Gasteiger partial charge in [-0.1, -0.05) is 0 Å². The van der Waals surface area contributed by atoms with Crippen molar-refractivity contribution in [3.8, 4) is 0 Å². The summed E-state index contributed by atoms with van der Waals surface area (Å²) >= 11 is 0. The summed E-state index contributed by atoms with van der Waals surface area (Å²) < 4.78 is 0. The summed E-state index contributed by atoms with van der Waals surface area (Å²) in [5.74, 6) is -1.28. The quantitative estimate of drug-likeness (QED) is 0.757. The molecule has 18 heavy (non-hydrogen) atoms. The van der Waals surface area contributed by atoms with Gasteiger partial charge in [0.15, 0.2) is 0 Å². The number of carboxylic acid groups (broad SMARTS) is 1. The van der Waals surface area contributed by atoms with E-state index >= 15 is 0 Å². The summed E-state index contributed by atoms with van der Waals surface area (Å²) in [6, 6.07) is -0.0740. The lowest BCUT2D eigenvalue weighted by molar-refractivity contribution is -0.141. The molecule has 0 aromatic heterocycles. The Morgan fingerprint density at radius 3 is 2.56 bits per heavy atom. The molecule has 104 valence electrons. The summed E-state index contributed by atoms with van der Waals surface area (Å²) in [4.78, 5) is 26.4. The number of aliphatic hydroxyl groups excluding tert-OH is 1. The number of aliphatic carboxylic acids is 1. The van der Waals surface area contributed by atoms with Gasteiger partial charge in [-0.2, -0.15) is 0 Å². The van der Waals surface area contributed by atoms with Crippen LogP contribution in [-0.4, -0.2) is 64.3 Å². The second-order valence-electron chi connectivity index (χ2n) is 4.92. The standard InChI is InChI=1S/C12H22N2O4/c1-9(2)14(5-3-7-15)12(18)13-6-4-10(8-13)11(16)17/h9-10,15H,3-8H2,1-2H3,(H,16,17). The number of carboxylic acids is 1. The van der Waals surface area contributed by atoms with Crippen LogP contribution >= 0.6 is 0 Å². The molecule has 1 unspecified atom stereocenters. The monoisotopic (exact) mass is 258 g/mol. The van der Waals surface area contributed by atoms with Gasteiger partial charge in [-0.3, -0.25) is 4.79 Å². The molecule has 1 aliphatic heterocycles. The van der Waals surface area contributed by atoms with Crippen molar-refractivity contribution in [3.63, 3.8) is 0 Å². The number of nitrogens with zero attached hydrogens (tertiary/aromatic N) is 2. The first kappa shape index (κ1) is 14.8. The Kier molecular flexibility index (Phi) is 5.40. The molecule has 1 heterocycles. The summed E-state index contributed by atoms with van der Waals surface area (Å²) in [5, 5.41) is 17.7. The summed E-state index contributed by atoms with van der Waals surface area (Å²) in [6.45, 7) is 5.17. The van der Waals surface area contributed by atoms with Crippen LogP contribution in [0.5, 0.6) is 0 Å². The number of hydrogen-bond donors (Lipinski definition) is 2. The lowest BCUT2D eigenvalue weighted by atomic mass is 10.1. The molecule has 1 fully saturated rings. The van der Waals surface area contributed by atoms with Crippen molar-refractivity contribution < 1.29 is 19.8 Å². The third kappa shape index (κ3) is 3.60. The fraction of sp³-hybridized carbons (Fsp3) is 0.833. The van der Waals surface area contributed by atoms with Crippen molar-refractivity contribution in [2.24, 2.45) is 5.92 Å². The molecule has 0 spiro atoms. The van der Waals surface area contributed by atoms with Crippen molar-refractivity contribution in [2.45, 2.75) is 32.7 Å². The van der Waals surface area contributed by atoms with Crippen LogP contribution in [0.15, 0.2) is 0 Å². The second kappa shape index (κ2) is 6.58. The molecule has 0 aromatic rings. The molecule has 6 heteroatoms. The Morgan fingerprint density at radius 2 is 2.11 bits per heavy atom. The highest BCUT2D eigenvalue weighted by molar-refractivity contribution is 5.77. The van der Waals surface area contributed by atoms with Crippen LogP contribution in [0.1, 0.15) is 26.7 Å². The highest BCUT2D eigenvalue weighted by atomic mass is 16.4. The maximum absolute atomic E-state index is 12.2. The van der Waals surface area contributed by atoms with Crippen LogP contribution in [0.2, 0.25) is 0 Å². The Bertz CT molecular complexity index is 306. The third-order valence-electron chi connectivity index (χ3n) is 3.23. The number of carbonyl (C=O) groups is 2. The molecule has 1 rings (SSSR count). The highest BCUT2D eigenvalue weighted by Crippen LogP contribution is 2.18. The Morgan fingerprint density at radius 1 is 1.44 bits per heavy atom. The first-order chi connectivity index (χ1) is 8.47. The van der Waals surface area contributed by atoms with Gasteiger partial charge in [-0.05, 0) is 26.7 Å². The lowest BCUT2D eigenvalue weighted by Gasteiger charge is -2.31. The average molecular weight is 258 g/mol. The van der Waals surface area contributed by atoms with Gasteiger partial charge in [0.2, 0.25) is 0 Å². The van der Waals surface area contributed by atoms with E-state index in [2.05, 4.69) is 0 Å². The molecule has 0 bridgehead atoms. The minimum atomic E-state index is -0.836. The van der Waals surface area contributed by atoms with Gasteiger partial charge >= 0.3 is 12.0 Å². The van der Waals surface area contributed by atoms with Gasteiger partial charge in [0.1, 0.15) is 0 Å². The maximum atomic E-state index is 12.2. The summed E-state index contributed by atoms with van der Waals surface area (Å²) in [7, 11) is 0. The van der Waals surface area contributed by atoms with E-state index in [1.165, 1.54) is 0 Å². The molecule has 2 amide bonds. The van der Waals surface area contributed by atoms with Gasteiger partial charge in [-0.15, -0.1) is 0 Å². The zero-order valence-electron chi connectivity index (χ0n) is 11.0. The highest BCUT2D eigenvalue weighted by Gasteiger charge is 2.33. The van der Waals surface area contributed by atoms with Crippen LogP contribution < -0.4 is 0 Å². The molecular weight excluding hydrogens is 236 g/mol. The van der Waals surface area contributed by atoms with Gasteiger partial charge in [0, 0.05) is 32.3 Å². The van der Waals surface area contributed by atoms with Crippen molar-refractivity contribution in [1.82, 2.24) is 9.80 Å². The fourth-order valence-corrected chi connectivity index (χ4v) is 2.13.